The smallest absolute Gasteiger partial charge is 0.329 e. The number of carbonyl (C=O) groups is 2. The number of hydrogen-bond acceptors (Lipinski definition) is 11. The number of likely N-dealkylation sites (tertiary alicyclic amines) is 1. The van der Waals surface area contributed by atoms with E-state index in [4.69, 9.17) is 16.6 Å². The number of pyridine rings is 1. The molecule has 338 valence electrons. The van der Waals surface area contributed by atoms with Gasteiger partial charge in [-0.25, -0.2) is 18.5 Å². The summed E-state index contributed by atoms with van der Waals surface area (Å²) in [6.07, 6.45) is 13.0. The Hall–Kier alpha value is -4.77. The molecule has 64 heavy (non-hydrogen) atoms. The van der Waals surface area contributed by atoms with Crippen LogP contribution in [-0.2, 0) is 16.6 Å². The Morgan fingerprint density at radius 1 is 0.969 bits per heavy atom. The first-order valence-corrected chi connectivity index (χ1v) is 24.1. The van der Waals surface area contributed by atoms with Gasteiger partial charge in [0.05, 0.1) is 11.2 Å². The molecule has 1 spiro atoms. The molecule has 0 bridgehead atoms. The van der Waals surface area contributed by atoms with Gasteiger partial charge in [0, 0.05) is 67.4 Å². The monoisotopic (exact) mass is 910 g/mol. The molecule has 5 fully saturated rings. The topological polar surface area (TPSA) is 143 Å². The zero-order chi connectivity index (χ0) is 44.4. The Kier molecular flexibility index (Phi) is 11.6. The van der Waals surface area contributed by atoms with E-state index in [-0.39, 0.29) is 40.9 Å². The summed E-state index contributed by atoms with van der Waals surface area (Å²) in [6, 6.07) is 11.4. The fourth-order valence-electron chi connectivity index (χ4n) is 11.3. The van der Waals surface area contributed by atoms with Gasteiger partial charge in [0.1, 0.15) is 22.2 Å². The molecular formula is C47H56ClFN10O4S. The van der Waals surface area contributed by atoms with Gasteiger partial charge in [0.25, 0.3) is 5.56 Å². The van der Waals surface area contributed by atoms with Crippen LogP contribution in [-0.4, -0.2) is 90.5 Å². The van der Waals surface area contributed by atoms with Gasteiger partial charge < -0.3 is 15.1 Å². The predicted octanol–water partition coefficient (Wildman–Crippen LogP) is 7.48. The molecule has 14 nitrogen and oxygen atoms in total. The summed E-state index contributed by atoms with van der Waals surface area (Å²) in [4.78, 5) is 66.0. The molecule has 1 atom stereocenters. The fraction of sp³-hybridized carbons (Fsp3) is 0.532. The second-order valence-electron chi connectivity index (χ2n) is 19.1. The molecule has 3 aromatic heterocycles. The van der Waals surface area contributed by atoms with E-state index in [1.54, 1.807) is 40.9 Å². The van der Waals surface area contributed by atoms with E-state index in [0.29, 0.717) is 40.2 Å². The van der Waals surface area contributed by atoms with Gasteiger partial charge in [-0.05, 0) is 150 Å². The number of nitrogens with zero attached hydrogens (tertiary/aromatic N) is 8. The molecule has 2 aliphatic carbocycles. The number of hydrogen-bond donors (Lipinski definition) is 2. The van der Waals surface area contributed by atoms with Gasteiger partial charge in [-0.3, -0.25) is 33.4 Å². The van der Waals surface area contributed by atoms with Crippen molar-refractivity contribution >= 4 is 74.8 Å². The molecule has 2 aromatic carbocycles. The largest absolute Gasteiger partial charge is 0.369 e. The van der Waals surface area contributed by atoms with E-state index in [1.807, 2.05) is 0 Å². The number of rotatable bonds is 10. The molecule has 3 saturated heterocycles. The van der Waals surface area contributed by atoms with Crippen molar-refractivity contribution in [2.45, 2.75) is 107 Å². The summed E-state index contributed by atoms with van der Waals surface area (Å²) in [5, 5.41) is 6.68. The summed E-state index contributed by atoms with van der Waals surface area (Å²) >= 11 is 8.14. The standard InChI is InChI=1S/C47H56ClFN10O4S/c1-28-22-33(8-9-35(28)51-45-50-26-30-23-34(48)44(62)58(42(30)53-45)31-6-4-5-7-31)64-55(3)32-24-47(25-32)16-20-56(21-17-47)27-29-14-18-57(19-15-29)36-10-11-37-41(40(36)49)54(2)46(63)59(37)38-12-13-39(60)52-43(38)61/h8-11,22-23,26,29,31-32,38H,4-7,12-21,24-25,27H2,1-3H3,(H,50,51,53)(H,52,60,61). The normalized spacial score (nSPS) is 21.4. The molecule has 10 rings (SSSR count). The summed E-state index contributed by atoms with van der Waals surface area (Å²) in [5.41, 5.74) is 3.45. The third-order valence-corrected chi connectivity index (χ3v) is 16.4. The summed E-state index contributed by atoms with van der Waals surface area (Å²) in [5.74, 6) is -0.321. The van der Waals surface area contributed by atoms with Gasteiger partial charge in [-0.2, -0.15) is 4.98 Å². The molecule has 3 aliphatic heterocycles. The van der Waals surface area contributed by atoms with Crippen molar-refractivity contribution in [2.24, 2.45) is 18.4 Å². The Morgan fingerprint density at radius 3 is 2.44 bits per heavy atom. The number of anilines is 3. The number of benzene rings is 2. The van der Waals surface area contributed by atoms with Crippen LogP contribution < -0.4 is 26.8 Å². The number of halogens is 2. The fourth-order valence-corrected chi connectivity index (χ4v) is 12.5. The number of carbonyl (C=O) groups excluding carboxylic acids is 2. The van der Waals surface area contributed by atoms with E-state index in [0.717, 1.165) is 87.9 Å². The average molecular weight is 912 g/mol. The number of amides is 2. The Morgan fingerprint density at radius 2 is 1.72 bits per heavy atom. The molecule has 1 unspecified atom stereocenters. The zero-order valence-corrected chi connectivity index (χ0v) is 38.3. The number of piperidine rings is 3. The van der Waals surface area contributed by atoms with Crippen molar-refractivity contribution in [1.29, 1.82) is 0 Å². The number of fused-ring (bicyclic) bond motifs is 2. The van der Waals surface area contributed by atoms with Crippen LogP contribution in [0.2, 0.25) is 5.02 Å². The molecule has 17 heteroatoms. The lowest BCUT2D eigenvalue weighted by Gasteiger charge is -2.54. The molecular weight excluding hydrogens is 855 g/mol. The van der Waals surface area contributed by atoms with Crippen LogP contribution in [0, 0.1) is 24.1 Å². The minimum Gasteiger partial charge on any atom is -0.369 e. The van der Waals surface area contributed by atoms with E-state index in [2.05, 4.69) is 61.9 Å². The second-order valence-corrected chi connectivity index (χ2v) is 20.7. The van der Waals surface area contributed by atoms with Gasteiger partial charge in [-0.1, -0.05) is 24.4 Å². The van der Waals surface area contributed by atoms with Crippen LogP contribution >= 0.6 is 23.5 Å². The highest BCUT2D eigenvalue weighted by Crippen LogP contribution is 2.52. The summed E-state index contributed by atoms with van der Waals surface area (Å²) in [7, 11) is 3.75. The Labute approximate surface area is 380 Å². The summed E-state index contributed by atoms with van der Waals surface area (Å²) < 4.78 is 23.0. The van der Waals surface area contributed by atoms with Crippen LogP contribution in [0.3, 0.4) is 0 Å². The van der Waals surface area contributed by atoms with Crippen LogP contribution in [0.4, 0.5) is 21.7 Å². The average Bonchev–Trinajstić information content (AvgIpc) is 3.89. The first-order valence-electron chi connectivity index (χ1n) is 22.9. The third-order valence-electron chi connectivity index (χ3n) is 15.0. The molecule has 5 aromatic rings. The van der Waals surface area contributed by atoms with Crippen LogP contribution in [0.5, 0.6) is 0 Å². The molecule has 2 saturated carbocycles. The third kappa shape index (κ3) is 8.02. The zero-order valence-electron chi connectivity index (χ0n) is 36.7. The Balaban J connectivity index is 0.693. The maximum absolute atomic E-state index is 16.2. The van der Waals surface area contributed by atoms with Crippen molar-refractivity contribution in [3.05, 3.63) is 79.8 Å². The number of aryl methyl sites for hydroxylation is 2. The Bertz CT molecular complexity index is 2760. The van der Waals surface area contributed by atoms with Gasteiger partial charge in [0.15, 0.2) is 5.82 Å². The highest BCUT2D eigenvalue weighted by Gasteiger charge is 2.47. The van der Waals surface area contributed by atoms with E-state index in [1.165, 1.54) is 46.8 Å². The first kappa shape index (κ1) is 43.1. The van der Waals surface area contributed by atoms with Crippen LogP contribution in [0.15, 0.2) is 57.1 Å². The van der Waals surface area contributed by atoms with Crippen molar-refractivity contribution in [2.75, 3.05) is 50.0 Å². The lowest BCUT2D eigenvalue weighted by Crippen LogP contribution is -2.53. The number of imidazole rings is 1. The lowest BCUT2D eigenvalue weighted by atomic mass is 9.60. The van der Waals surface area contributed by atoms with Gasteiger partial charge in [-0.15, -0.1) is 0 Å². The predicted molar refractivity (Wildman–Crippen MR) is 249 cm³/mol. The molecule has 2 amide bonds. The molecule has 0 radical (unpaired) electrons. The van der Waals surface area contributed by atoms with Crippen molar-refractivity contribution in [3.8, 4) is 0 Å². The summed E-state index contributed by atoms with van der Waals surface area (Å²) in [6.45, 7) is 6.90. The SMILES string of the molecule is Cc1cc(SN(C)C2CC3(CCN(CC4CCN(c5ccc6c(c5F)n(C)c(=O)n6C5CCC(=O)NC5=O)CC4)CC3)C2)ccc1Nc1ncc2cc(Cl)c(=O)n(C3CCCC3)c2n1. The van der Waals surface area contributed by atoms with Crippen LogP contribution in [0.1, 0.15) is 94.7 Å². The quantitative estimate of drug-likeness (QED) is 0.106. The minimum absolute atomic E-state index is 0.106. The maximum atomic E-state index is 16.2. The van der Waals surface area contributed by atoms with E-state index < -0.39 is 23.5 Å². The molecule has 2 N–H and O–H groups in total. The second kappa shape index (κ2) is 17.2. The molecule has 6 heterocycles. The van der Waals surface area contributed by atoms with Gasteiger partial charge >= 0.3 is 5.69 Å². The van der Waals surface area contributed by atoms with Crippen molar-refractivity contribution < 1.29 is 14.0 Å². The minimum atomic E-state index is -0.845. The first-order chi connectivity index (χ1) is 30.8. The number of imide groups is 1. The highest BCUT2D eigenvalue weighted by atomic mass is 35.5. The van der Waals surface area contributed by atoms with Crippen LogP contribution in [0.25, 0.3) is 22.1 Å². The maximum Gasteiger partial charge on any atom is 0.329 e. The molecule has 5 aliphatic rings. The van der Waals surface area contributed by atoms with Crippen molar-refractivity contribution in [1.82, 2.24) is 38.2 Å². The lowest BCUT2D eigenvalue weighted by molar-refractivity contribution is -0.135. The number of aromatic nitrogens is 5. The van der Waals surface area contributed by atoms with Gasteiger partial charge in [0.2, 0.25) is 17.8 Å². The van der Waals surface area contributed by atoms with E-state index >= 15 is 4.39 Å². The highest BCUT2D eigenvalue weighted by molar-refractivity contribution is 7.97. The number of nitrogens with one attached hydrogen (secondary N) is 2. The van der Waals surface area contributed by atoms with E-state index in [9.17, 15) is 19.2 Å². The van der Waals surface area contributed by atoms with Crippen molar-refractivity contribution in [3.63, 3.8) is 0 Å².